The maximum atomic E-state index is 12.4. The minimum Gasteiger partial charge on any atom is -0.377 e. The number of pyridine rings is 1. The molecule has 1 aliphatic rings. The number of hydrogen-bond acceptors (Lipinski definition) is 4. The second-order valence-corrected chi connectivity index (χ2v) is 4.71. The van der Waals surface area contributed by atoms with Crippen LogP contribution in [0.25, 0.3) is 0 Å². The van der Waals surface area contributed by atoms with E-state index >= 15 is 0 Å². The van der Waals surface area contributed by atoms with E-state index in [-0.39, 0.29) is 12.0 Å². The Balaban J connectivity index is 2.05. The minimum absolute atomic E-state index is 0.0431. The van der Waals surface area contributed by atoms with Gasteiger partial charge in [0.2, 0.25) is 0 Å². The Morgan fingerprint density at radius 3 is 3.21 bits per heavy atom. The zero-order valence-electron chi connectivity index (χ0n) is 11.3. The molecule has 2 N–H and O–H groups in total. The second-order valence-electron chi connectivity index (χ2n) is 4.71. The van der Waals surface area contributed by atoms with Crippen LogP contribution in [0.3, 0.4) is 0 Å². The Kier molecular flexibility index (Phi) is 4.87. The van der Waals surface area contributed by atoms with Crippen LogP contribution in [0.1, 0.15) is 35.8 Å². The summed E-state index contributed by atoms with van der Waals surface area (Å²) in [6.45, 7) is 4.49. The van der Waals surface area contributed by atoms with Gasteiger partial charge in [-0.2, -0.15) is 0 Å². The maximum Gasteiger partial charge on any atom is 0.254 e. The van der Waals surface area contributed by atoms with Crippen LogP contribution in [0.4, 0.5) is 0 Å². The standard InChI is InChI=1S/C14H21N3O2/c1-2-19-13-4-3-7-17(10-13)14(18)11-5-6-16-12(8-11)9-15/h5-6,8,13H,2-4,7,9-10,15H2,1H3. The number of likely N-dealkylation sites (tertiary alicyclic amines) is 1. The van der Waals surface area contributed by atoms with Crippen molar-refractivity contribution in [2.24, 2.45) is 5.73 Å². The van der Waals surface area contributed by atoms with Gasteiger partial charge in [0.15, 0.2) is 0 Å². The zero-order chi connectivity index (χ0) is 13.7. The highest BCUT2D eigenvalue weighted by molar-refractivity contribution is 5.94. The van der Waals surface area contributed by atoms with Gasteiger partial charge in [0, 0.05) is 38.0 Å². The first kappa shape index (κ1) is 14.0. The summed E-state index contributed by atoms with van der Waals surface area (Å²) in [5.74, 6) is 0.0431. The van der Waals surface area contributed by atoms with Crippen LogP contribution in [0, 0.1) is 0 Å². The molecule has 1 aromatic heterocycles. The van der Waals surface area contributed by atoms with Crippen LogP contribution in [0.5, 0.6) is 0 Å². The van der Waals surface area contributed by atoms with E-state index in [0.717, 1.165) is 25.1 Å². The van der Waals surface area contributed by atoms with Crippen molar-refractivity contribution in [3.63, 3.8) is 0 Å². The fraction of sp³-hybridized carbons (Fsp3) is 0.571. The van der Waals surface area contributed by atoms with Gasteiger partial charge in [-0.05, 0) is 31.9 Å². The lowest BCUT2D eigenvalue weighted by molar-refractivity contribution is 0.00723. The zero-order valence-corrected chi connectivity index (χ0v) is 11.3. The average Bonchev–Trinajstić information content (AvgIpc) is 2.47. The van der Waals surface area contributed by atoms with Crippen molar-refractivity contribution in [2.45, 2.75) is 32.4 Å². The van der Waals surface area contributed by atoms with Gasteiger partial charge in [-0.25, -0.2) is 0 Å². The molecule has 1 aliphatic heterocycles. The molecule has 1 unspecified atom stereocenters. The molecule has 1 aromatic rings. The molecule has 1 atom stereocenters. The Bertz CT molecular complexity index is 434. The van der Waals surface area contributed by atoms with Crippen LogP contribution < -0.4 is 5.73 Å². The molecule has 0 aliphatic carbocycles. The van der Waals surface area contributed by atoms with Gasteiger partial charge in [0.1, 0.15) is 0 Å². The van der Waals surface area contributed by atoms with E-state index in [9.17, 15) is 4.79 Å². The number of ether oxygens (including phenoxy) is 1. The van der Waals surface area contributed by atoms with E-state index < -0.39 is 0 Å². The second kappa shape index (κ2) is 6.63. The molecule has 2 heterocycles. The minimum atomic E-state index is 0.0431. The molecule has 19 heavy (non-hydrogen) atoms. The molecule has 1 fully saturated rings. The molecule has 1 amide bonds. The van der Waals surface area contributed by atoms with Gasteiger partial charge < -0.3 is 15.4 Å². The van der Waals surface area contributed by atoms with Crippen molar-refractivity contribution in [1.29, 1.82) is 0 Å². The number of carbonyl (C=O) groups is 1. The largest absolute Gasteiger partial charge is 0.377 e. The van der Waals surface area contributed by atoms with Crippen molar-refractivity contribution in [2.75, 3.05) is 19.7 Å². The molecule has 1 saturated heterocycles. The number of rotatable bonds is 4. The molecule has 104 valence electrons. The quantitative estimate of drug-likeness (QED) is 0.885. The molecular weight excluding hydrogens is 242 g/mol. The number of hydrogen-bond donors (Lipinski definition) is 1. The Hall–Kier alpha value is -1.46. The Labute approximate surface area is 113 Å². The van der Waals surface area contributed by atoms with Gasteiger partial charge in [-0.3, -0.25) is 9.78 Å². The summed E-state index contributed by atoms with van der Waals surface area (Å²) in [5.41, 5.74) is 6.95. The lowest BCUT2D eigenvalue weighted by Crippen LogP contribution is -2.43. The summed E-state index contributed by atoms with van der Waals surface area (Å²) < 4.78 is 5.62. The van der Waals surface area contributed by atoms with Crippen molar-refractivity contribution in [1.82, 2.24) is 9.88 Å². The third kappa shape index (κ3) is 3.52. The van der Waals surface area contributed by atoms with Gasteiger partial charge >= 0.3 is 0 Å². The van der Waals surface area contributed by atoms with Crippen LogP contribution in [-0.4, -0.2) is 41.6 Å². The molecule has 0 aromatic carbocycles. The van der Waals surface area contributed by atoms with Crippen molar-refractivity contribution >= 4 is 5.91 Å². The lowest BCUT2D eigenvalue weighted by atomic mass is 10.1. The SMILES string of the molecule is CCOC1CCCN(C(=O)c2ccnc(CN)c2)C1. The van der Waals surface area contributed by atoms with E-state index in [1.54, 1.807) is 18.3 Å². The molecule has 5 heteroatoms. The summed E-state index contributed by atoms with van der Waals surface area (Å²) in [4.78, 5) is 18.4. The van der Waals surface area contributed by atoms with E-state index in [0.29, 0.717) is 25.3 Å². The Morgan fingerprint density at radius 2 is 2.47 bits per heavy atom. The molecule has 5 nitrogen and oxygen atoms in total. The van der Waals surface area contributed by atoms with E-state index in [4.69, 9.17) is 10.5 Å². The summed E-state index contributed by atoms with van der Waals surface area (Å²) in [6.07, 6.45) is 3.82. The predicted octanol–water partition coefficient (Wildman–Crippen LogP) is 1.18. The first-order valence-electron chi connectivity index (χ1n) is 6.80. The molecule has 0 radical (unpaired) electrons. The van der Waals surface area contributed by atoms with E-state index in [2.05, 4.69) is 4.98 Å². The van der Waals surface area contributed by atoms with Crippen molar-refractivity contribution in [3.05, 3.63) is 29.6 Å². The first-order valence-corrected chi connectivity index (χ1v) is 6.80. The smallest absolute Gasteiger partial charge is 0.254 e. The summed E-state index contributed by atoms with van der Waals surface area (Å²) >= 11 is 0. The number of carbonyl (C=O) groups excluding carboxylic acids is 1. The molecule has 0 bridgehead atoms. The van der Waals surface area contributed by atoms with Crippen LogP contribution in [0.15, 0.2) is 18.3 Å². The third-order valence-corrected chi connectivity index (χ3v) is 3.34. The number of piperidine rings is 1. The topological polar surface area (TPSA) is 68.5 Å². The van der Waals surface area contributed by atoms with Gasteiger partial charge in [0.25, 0.3) is 5.91 Å². The monoisotopic (exact) mass is 263 g/mol. The number of amides is 1. The van der Waals surface area contributed by atoms with Gasteiger partial charge in [-0.1, -0.05) is 0 Å². The number of aromatic nitrogens is 1. The predicted molar refractivity (Wildman–Crippen MR) is 72.7 cm³/mol. The number of nitrogens with zero attached hydrogens (tertiary/aromatic N) is 2. The van der Waals surface area contributed by atoms with Crippen LogP contribution in [-0.2, 0) is 11.3 Å². The fourth-order valence-corrected chi connectivity index (χ4v) is 2.40. The highest BCUT2D eigenvalue weighted by atomic mass is 16.5. The van der Waals surface area contributed by atoms with E-state index in [1.807, 2.05) is 11.8 Å². The summed E-state index contributed by atoms with van der Waals surface area (Å²) in [7, 11) is 0. The van der Waals surface area contributed by atoms with Crippen LogP contribution in [0.2, 0.25) is 0 Å². The highest BCUT2D eigenvalue weighted by Crippen LogP contribution is 2.16. The summed E-state index contributed by atoms with van der Waals surface area (Å²) in [6, 6.07) is 3.51. The highest BCUT2D eigenvalue weighted by Gasteiger charge is 2.24. The normalized spacial score (nSPS) is 19.5. The first-order chi connectivity index (χ1) is 9.24. The van der Waals surface area contributed by atoms with Crippen molar-refractivity contribution < 1.29 is 9.53 Å². The molecule has 0 spiro atoms. The molecule has 0 saturated carbocycles. The lowest BCUT2D eigenvalue weighted by Gasteiger charge is -2.32. The van der Waals surface area contributed by atoms with Gasteiger partial charge in [-0.15, -0.1) is 0 Å². The number of nitrogens with two attached hydrogens (primary N) is 1. The summed E-state index contributed by atoms with van der Waals surface area (Å²) in [5, 5.41) is 0. The molecular formula is C14H21N3O2. The maximum absolute atomic E-state index is 12.4. The third-order valence-electron chi connectivity index (χ3n) is 3.34. The average molecular weight is 263 g/mol. The Morgan fingerprint density at radius 1 is 1.63 bits per heavy atom. The van der Waals surface area contributed by atoms with E-state index in [1.165, 1.54) is 0 Å². The van der Waals surface area contributed by atoms with Gasteiger partial charge in [0.05, 0.1) is 11.8 Å². The van der Waals surface area contributed by atoms with Crippen LogP contribution >= 0.6 is 0 Å². The fourth-order valence-electron chi connectivity index (χ4n) is 2.40. The molecule has 2 rings (SSSR count). The van der Waals surface area contributed by atoms with Crippen molar-refractivity contribution in [3.8, 4) is 0 Å².